The van der Waals surface area contributed by atoms with Crippen LogP contribution in [0.4, 0.5) is 11.6 Å². The molecule has 2 heterocycles. The smallest absolute Gasteiger partial charge is 0.257 e. The Morgan fingerprint density at radius 2 is 1.66 bits per heavy atom. The number of thiazole rings is 1. The number of aromatic nitrogens is 2. The van der Waals surface area contributed by atoms with Crippen molar-refractivity contribution in [2.75, 3.05) is 5.32 Å². The molecule has 0 saturated heterocycles. The lowest BCUT2D eigenvalue weighted by atomic mass is 10.0. The fourth-order valence-corrected chi connectivity index (χ4v) is 4.76. The van der Waals surface area contributed by atoms with E-state index in [1.807, 2.05) is 79.7 Å². The molecule has 5 aromatic rings. The van der Waals surface area contributed by atoms with E-state index in [0.717, 1.165) is 21.3 Å². The van der Waals surface area contributed by atoms with Crippen LogP contribution in [0.3, 0.4) is 0 Å². The molecule has 32 heavy (non-hydrogen) atoms. The largest absolute Gasteiger partial charge is 0.322 e. The van der Waals surface area contributed by atoms with Gasteiger partial charge in [0.1, 0.15) is 10.8 Å². The zero-order valence-corrected chi connectivity index (χ0v) is 17.9. The molecule has 0 aliphatic heterocycles. The summed E-state index contributed by atoms with van der Waals surface area (Å²) in [5, 5.41) is 6.86. The number of carbonyl (C=O) groups is 1. The molecule has 0 atom stereocenters. The monoisotopic (exact) mass is 438 g/mol. The van der Waals surface area contributed by atoms with Crippen molar-refractivity contribution in [3.63, 3.8) is 0 Å². The Morgan fingerprint density at radius 1 is 0.938 bits per heavy atom. The average molecular weight is 439 g/mol. The van der Waals surface area contributed by atoms with Crippen LogP contribution in [0.25, 0.3) is 31.9 Å². The van der Waals surface area contributed by atoms with E-state index >= 15 is 0 Å². The SMILES string of the molecule is Cc1ccccc1C(=O)Nc1[nH]c(N=O)c(-c2ccccc2)c1-c1nc2ccccc2s1. The molecule has 0 radical (unpaired) electrons. The quantitative estimate of drug-likeness (QED) is 0.292. The number of anilines is 1. The van der Waals surface area contributed by atoms with Gasteiger partial charge in [-0.15, -0.1) is 16.2 Å². The third-order valence-corrected chi connectivity index (χ3v) is 6.32. The number of aromatic amines is 1. The van der Waals surface area contributed by atoms with Gasteiger partial charge in [0.25, 0.3) is 5.91 Å². The van der Waals surface area contributed by atoms with Crippen LogP contribution in [-0.4, -0.2) is 15.9 Å². The molecule has 0 bridgehead atoms. The first kappa shape index (κ1) is 19.8. The first-order chi connectivity index (χ1) is 15.7. The van der Waals surface area contributed by atoms with E-state index < -0.39 is 0 Å². The standard InChI is InChI=1S/C25H18N4O2S/c1-15-9-5-6-12-17(15)24(30)28-22-21(25-26-18-13-7-8-14-19(18)32-25)20(23(27-22)29-31)16-10-3-2-4-11-16/h2-14,27H,1H3,(H,28,30). The van der Waals surface area contributed by atoms with Gasteiger partial charge in [0.15, 0.2) is 5.82 Å². The van der Waals surface area contributed by atoms with Crippen molar-refractivity contribution in [3.8, 4) is 21.7 Å². The number of hydrogen-bond donors (Lipinski definition) is 2. The summed E-state index contributed by atoms with van der Waals surface area (Å²) in [7, 11) is 0. The first-order valence-electron chi connectivity index (χ1n) is 10.0. The molecule has 0 fully saturated rings. The van der Waals surface area contributed by atoms with Crippen molar-refractivity contribution in [1.82, 2.24) is 9.97 Å². The van der Waals surface area contributed by atoms with Crippen molar-refractivity contribution in [2.24, 2.45) is 5.18 Å². The molecule has 6 nitrogen and oxygen atoms in total. The summed E-state index contributed by atoms with van der Waals surface area (Å²) in [5.74, 6) is 0.264. The van der Waals surface area contributed by atoms with Gasteiger partial charge in [-0.3, -0.25) is 4.79 Å². The van der Waals surface area contributed by atoms with Gasteiger partial charge in [-0.2, -0.15) is 0 Å². The maximum Gasteiger partial charge on any atom is 0.257 e. The van der Waals surface area contributed by atoms with E-state index in [0.29, 0.717) is 27.5 Å². The Labute approximate surface area is 187 Å². The number of carbonyl (C=O) groups excluding carboxylic acids is 1. The lowest BCUT2D eigenvalue weighted by Crippen LogP contribution is -2.14. The number of rotatable bonds is 5. The fraction of sp³-hybridized carbons (Fsp3) is 0.0400. The highest BCUT2D eigenvalue weighted by atomic mass is 32.1. The number of nitrogens with one attached hydrogen (secondary N) is 2. The highest BCUT2D eigenvalue weighted by Gasteiger charge is 2.25. The number of para-hydroxylation sites is 1. The maximum atomic E-state index is 13.1. The zero-order valence-electron chi connectivity index (χ0n) is 17.1. The van der Waals surface area contributed by atoms with Crippen molar-refractivity contribution in [1.29, 1.82) is 0 Å². The Hall–Kier alpha value is -4.10. The van der Waals surface area contributed by atoms with E-state index in [4.69, 9.17) is 4.98 Å². The molecule has 3 aromatic carbocycles. The summed E-state index contributed by atoms with van der Waals surface area (Å²) in [6.07, 6.45) is 0. The third kappa shape index (κ3) is 3.48. The van der Waals surface area contributed by atoms with Crippen LogP contribution in [0.5, 0.6) is 0 Å². The Balaban J connectivity index is 1.71. The number of fused-ring (bicyclic) bond motifs is 1. The van der Waals surface area contributed by atoms with Crippen LogP contribution in [0.15, 0.2) is 84.0 Å². The summed E-state index contributed by atoms with van der Waals surface area (Å²) >= 11 is 1.50. The summed E-state index contributed by atoms with van der Waals surface area (Å²) in [6.45, 7) is 1.88. The molecule has 5 rings (SSSR count). The van der Waals surface area contributed by atoms with Crippen molar-refractivity contribution in [3.05, 3.63) is 94.9 Å². The average Bonchev–Trinajstić information content (AvgIpc) is 3.40. The number of nitroso groups, excluding NO2 is 1. The van der Waals surface area contributed by atoms with Gasteiger partial charge < -0.3 is 10.3 Å². The van der Waals surface area contributed by atoms with Crippen LogP contribution in [0.1, 0.15) is 15.9 Å². The van der Waals surface area contributed by atoms with Gasteiger partial charge >= 0.3 is 0 Å². The van der Waals surface area contributed by atoms with Crippen LogP contribution < -0.4 is 5.32 Å². The van der Waals surface area contributed by atoms with E-state index in [-0.39, 0.29) is 11.7 Å². The van der Waals surface area contributed by atoms with Gasteiger partial charge in [-0.1, -0.05) is 60.7 Å². The van der Waals surface area contributed by atoms with E-state index in [1.165, 1.54) is 11.3 Å². The van der Waals surface area contributed by atoms with E-state index in [9.17, 15) is 9.70 Å². The molecule has 2 aromatic heterocycles. The predicted molar refractivity (Wildman–Crippen MR) is 129 cm³/mol. The minimum Gasteiger partial charge on any atom is -0.322 e. The third-order valence-electron chi connectivity index (χ3n) is 5.27. The van der Waals surface area contributed by atoms with Crippen molar-refractivity contribution in [2.45, 2.75) is 6.92 Å². The van der Waals surface area contributed by atoms with Crippen molar-refractivity contribution < 1.29 is 4.79 Å². The summed E-state index contributed by atoms with van der Waals surface area (Å²) in [5.41, 5.74) is 4.33. The Bertz CT molecular complexity index is 1420. The molecular formula is C25H18N4O2S. The van der Waals surface area contributed by atoms with Gasteiger partial charge in [-0.25, -0.2) is 4.98 Å². The maximum absolute atomic E-state index is 13.1. The second kappa shape index (κ2) is 8.20. The number of benzene rings is 3. The van der Waals surface area contributed by atoms with Crippen molar-refractivity contribution >= 4 is 39.1 Å². The molecular weight excluding hydrogens is 420 g/mol. The number of nitrogens with zero attached hydrogens (tertiary/aromatic N) is 2. The number of amides is 1. The van der Waals surface area contributed by atoms with Crippen LogP contribution in [-0.2, 0) is 0 Å². The van der Waals surface area contributed by atoms with Gasteiger partial charge in [0.05, 0.1) is 15.8 Å². The molecule has 0 aliphatic carbocycles. The van der Waals surface area contributed by atoms with Crippen LogP contribution in [0, 0.1) is 11.8 Å². The van der Waals surface area contributed by atoms with Gasteiger partial charge in [0.2, 0.25) is 0 Å². The van der Waals surface area contributed by atoms with E-state index in [1.54, 1.807) is 6.07 Å². The molecule has 2 N–H and O–H groups in total. The molecule has 0 saturated carbocycles. The Kier molecular flexibility index (Phi) is 5.09. The summed E-state index contributed by atoms with van der Waals surface area (Å²) in [4.78, 5) is 32.6. The normalized spacial score (nSPS) is 10.9. The molecule has 0 spiro atoms. The fourth-order valence-electron chi connectivity index (χ4n) is 3.74. The molecule has 156 valence electrons. The lowest BCUT2D eigenvalue weighted by Gasteiger charge is -2.09. The minimum absolute atomic E-state index is 0.144. The summed E-state index contributed by atoms with van der Waals surface area (Å²) in [6, 6.07) is 24.7. The number of aryl methyl sites for hydroxylation is 1. The molecule has 0 aliphatic rings. The Morgan fingerprint density at radius 3 is 2.41 bits per heavy atom. The molecule has 0 unspecified atom stereocenters. The van der Waals surface area contributed by atoms with Gasteiger partial charge in [-0.05, 0) is 41.4 Å². The second-order valence-electron chi connectivity index (χ2n) is 7.31. The minimum atomic E-state index is -0.274. The number of hydrogen-bond acceptors (Lipinski definition) is 5. The molecule has 7 heteroatoms. The topological polar surface area (TPSA) is 87.2 Å². The van der Waals surface area contributed by atoms with Crippen LogP contribution >= 0.6 is 11.3 Å². The second-order valence-corrected chi connectivity index (χ2v) is 8.34. The predicted octanol–water partition coefficient (Wildman–Crippen LogP) is 6.92. The summed E-state index contributed by atoms with van der Waals surface area (Å²) < 4.78 is 1.01. The number of H-pyrrole nitrogens is 1. The lowest BCUT2D eigenvalue weighted by molar-refractivity contribution is 0.102. The zero-order chi connectivity index (χ0) is 22.1. The first-order valence-corrected chi connectivity index (χ1v) is 10.8. The molecule has 1 amide bonds. The highest BCUT2D eigenvalue weighted by molar-refractivity contribution is 7.21. The highest BCUT2D eigenvalue weighted by Crippen LogP contribution is 2.46. The van der Waals surface area contributed by atoms with E-state index in [2.05, 4.69) is 15.5 Å². The van der Waals surface area contributed by atoms with Crippen LogP contribution in [0.2, 0.25) is 0 Å². The van der Waals surface area contributed by atoms with Gasteiger partial charge in [0, 0.05) is 11.1 Å².